The van der Waals surface area contributed by atoms with E-state index >= 15 is 0 Å². The van der Waals surface area contributed by atoms with Gasteiger partial charge in [-0.05, 0) is 42.7 Å². The summed E-state index contributed by atoms with van der Waals surface area (Å²) in [6.07, 6.45) is 1.82. The van der Waals surface area contributed by atoms with E-state index in [-0.39, 0.29) is 11.6 Å². The van der Waals surface area contributed by atoms with Gasteiger partial charge in [0, 0.05) is 13.1 Å². The molecule has 152 valence electrons. The molecule has 2 aromatic rings. The molecule has 7 heteroatoms. The number of nitrogens with zero attached hydrogens (tertiary/aromatic N) is 1. The maximum atomic E-state index is 12.8. The summed E-state index contributed by atoms with van der Waals surface area (Å²) in [5.74, 6) is 1.51. The van der Waals surface area contributed by atoms with Crippen LogP contribution in [0.1, 0.15) is 18.4 Å². The third-order valence-electron chi connectivity index (χ3n) is 5.70. The van der Waals surface area contributed by atoms with Gasteiger partial charge in [-0.1, -0.05) is 18.2 Å². The lowest BCUT2D eigenvalue weighted by atomic mass is 10.0. The highest BCUT2D eigenvalue weighted by Crippen LogP contribution is 2.48. The summed E-state index contributed by atoms with van der Waals surface area (Å²) in [6, 6.07) is 13.6. The molecule has 1 saturated carbocycles. The normalized spacial score (nSPS) is 19.4. The standard InChI is InChI=1S/C22H25N3O4/c26-21(23-17-3-1-2-4-18(17)25-9-11-27-12-10-25)24-22(7-8-22)16-5-6-19-20(15-16)29-14-13-28-19/h1-6,15H,7-14H2,(H2,23,24,26). The number of anilines is 2. The summed E-state index contributed by atoms with van der Waals surface area (Å²) in [7, 11) is 0. The Morgan fingerprint density at radius 2 is 1.69 bits per heavy atom. The van der Waals surface area contributed by atoms with E-state index in [1.165, 1.54) is 0 Å². The number of urea groups is 1. The molecule has 2 aliphatic heterocycles. The lowest BCUT2D eigenvalue weighted by Crippen LogP contribution is -2.39. The lowest BCUT2D eigenvalue weighted by molar-refractivity contribution is 0.123. The van der Waals surface area contributed by atoms with Crippen LogP contribution in [0.25, 0.3) is 0 Å². The minimum atomic E-state index is -0.339. The molecule has 5 rings (SSSR count). The average Bonchev–Trinajstić information content (AvgIpc) is 3.55. The van der Waals surface area contributed by atoms with Crippen molar-refractivity contribution in [2.24, 2.45) is 0 Å². The number of ether oxygens (including phenoxy) is 3. The SMILES string of the molecule is O=C(Nc1ccccc1N1CCOCC1)NC1(c2ccc3c(c2)OCCO3)CC1. The van der Waals surface area contributed by atoms with Crippen LogP contribution in [0.15, 0.2) is 42.5 Å². The maximum Gasteiger partial charge on any atom is 0.319 e. The van der Waals surface area contributed by atoms with E-state index < -0.39 is 0 Å². The monoisotopic (exact) mass is 395 g/mol. The predicted octanol–water partition coefficient (Wildman–Crippen LogP) is 3.11. The van der Waals surface area contributed by atoms with Crippen LogP contribution in [0.2, 0.25) is 0 Å². The molecular weight excluding hydrogens is 370 g/mol. The lowest BCUT2D eigenvalue weighted by Gasteiger charge is -2.30. The Morgan fingerprint density at radius 1 is 0.931 bits per heavy atom. The number of hydrogen-bond acceptors (Lipinski definition) is 5. The highest BCUT2D eigenvalue weighted by molar-refractivity contribution is 5.94. The second-order valence-corrected chi connectivity index (χ2v) is 7.64. The van der Waals surface area contributed by atoms with E-state index in [0.717, 1.165) is 54.4 Å². The van der Waals surface area contributed by atoms with E-state index in [0.29, 0.717) is 26.4 Å². The van der Waals surface area contributed by atoms with Crippen LogP contribution in [0, 0.1) is 0 Å². The van der Waals surface area contributed by atoms with Gasteiger partial charge in [-0.2, -0.15) is 0 Å². The quantitative estimate of drug-likeness (QED) is 0.832. The molecular formula is C22H25N3O4. The smallest absolute Gasteiger partial charge is 0.319 e. The van der Waals surface area contributed by atoms with Gasteiger partial charge in [0.15, 0.2) is 11.5 Å². The summed E-state index contributed by atoms with van der Waals surface area (Å²) >= 11 is 0. The molecule has 1 aliphatic carbocycles. The Labute approximate surface area is 169 Å². The zero-order chi connectivity index (χ0) is 19.7. The van der Waals surface area contributed by atoms with Gasteiger partial charge in [0.25, 0.3) is 0 Å². The molecule has 7 nitrogen and oxygen atoms in total. The number of carbonyl (C=O) groups is 1. The molecule has 0 bridgehead atoms. The van der Waals surface area contributed by atoms with Gasteiger partial charge in [-0.15, -0.1) is 0 Å². The van der Waals surface area contributed by atoms with Gasteiger partial charge >= 0.3 is 6.03 Å². The Morgan fingerprint density at radius 3 is 2.48 bits per heavy atom. The fourth-order valence-electron chi connectivity index (χ4n) is 3.98. The fraction of sp³-hybridized carbons (Fsp3) is 0.409. The molecule has 0 radical (unpaired) electrons. The number of para-hydroxylation sites is 2. The summed E-state index contributed by atoms with van der Waals surface area (Å²) < 4.78 is 16.7. The van der Waals surface area contributed by atoms with Crippen LogP contribution < -0.4 is 25.0 Å². The molecule has 0 atom stereocenters. The van der Waals surface area contributed by atoms with Gasteiger partial charge in [0.2, 0.25) is 0 Å². The van der Waals surface area contributed by atoms with Gasteiger partial charge in [-0.25, -0.2) is 4.79 Å². The van der Waals surface area contributed by atoms with Gasteiger partial charge < -0.3 is 29.7 Å². The van der Waals surface area contributed by atoms with Crippen molar-refractivity contribution in [2.75, 3.05) is 49.7 Å². The van der Waals surface area contributed by atoms with Crippen LogP contribution >= 0.6 is 0 Å². The average molecular weight is 395 g/mol. The molecule has 29 heavy (non-hydrogen) atoms. The minimum absolute atomic E-state index is 0.196. The molecule has 2 N–H and O–H groups in total. The molecule has 2 aromatic carbocycles. The maximum absolute atomic E-state index is 12.8. The number of carbonyl (C=O) groups excluding carboxylic acids is 1. The minimum Gasteiger partial charge on any atom is -0.486 e. The van der Waals surface area contributed by atoms with Crippen LogP contribution in [0.3, 0.4) is 0 Å². The molecule has 0 spiro atoms. The second kappa shape index (κ2) is 7.48. The Bertz CT molecular complexity index is 907. The summed E-state index contributed by atoms with van der Waals surface area (Å²) in [5.41, 5.74) is 2.55. The van der Waals surface area contributed by atoms with Crippen molar-refractivity contribution < 1.29 is 19.0 Å². The number of morpholine rings is 1. The van der Waals surface area contributed by atoms with Crippen molar-refractivity contribution >= 4 is 17.4 Å². The van der Waals surface area contributed by atoms with E-state index in [4.69, 9.17) is 14.2 Å². The van der Waals surface area contributed by atoms with Crippen molar-refractivity contribution in [1.29, 1.82) is 0 Å². The van der Waals surface area contributed by atoms with Crippen LogP contribution in [-0.4, -0.2) is 45.5 Å². The number of hydrogen-bond donors (Lipinski definition) is 2. The largest absolute Gasteiger partial charge is 0.486 e. The molecule has 2 amide bonds. The number of amides is 2. The first-order chi connectivity index (χ1) is 14.2. The first-order valence-corrected chi connectivity index (χ1v) is 10.1. The first kappa shape index (κ1) is 18.1. The summed E-state index contributed by atoms with van der Waals surface area (Å²) in [5, 5.41) is 6.23. The van der Waals surface area contributed by atoms with Crippen molar-refractivity contribution in [3.8, 4) is 11.5 Å². The summed E-state index contributed by atoms with van der Waals surface area (Å²) in [6.45, 7) is 4.17. The van der Waals surface area contributed by atoms with E-state index in [1.807, 2.05) is 42.5 Å². The third-order valence-corrected chi connectivity index (χ3v) is 5.70. The predicted molar refractivity (Wildman–Crippen MR) is 110 cm³/mol. The third kappa shape index (κ3) is 3.70. The van der Waals surface area contributed by atoms with E-state index in [1.54, 1.807) is 0 Å². The van der Waals surface area contributed by atoms with Gasteiger partial charge in [0.05, 0.1) is 30.1 Å². The van der Waals surface area contributed by atoms with E-state index in [9.17, 15) is 4.79 Å². The first-order valence-electron chi connectivity index (χ1n) is 10.1. The molecule has 2 heterocycles. The van der Waals surface area contributed by atoms with E-state index in [2.05, 4.69) is 15.5 Å². The Kier molecular flexibility index (Phi) is 4.67. The van der Waals surface area contributed by atoms with Crippen LogP contribution in [-0.2, 0) is 10.3 Å². The Balaban J connectivity index is 1.30. The molecule has 2 fully saturated rings. The number of fused-ring (bicyclic) bond motifs is 1. The number of rotatable bonds is 4. The number of nitrogens with one attached hydrogen (secondary N) is 2. The van der Waals surface area contributed by atoms with Gasteiger partial charge in [0.1, 0.15) is 13.2 Å². The van der Waals surface area contributed by atoms with Crippen molar-refractivity contribution in [3.05, 3.63) is 48.0 Å². The molecule has 3 aliphatic rings. The summed E-state index contributed by atoms with van der Waals surface area (Å²) in [4.78, 5) is 15.1. The second-order valence-electron chi connectivity index (χ2n) is 7.64. The molecule has 0 unspecified atom stereocenters. The highest BCUT2D eigenvalue weighted by atomic mass is 16.6. The zero-order valence-corrected chi connectivity index (χ0v) is 16.3. The fourth-order valence-corrected chi connectivity index (χ4v) is 3.98. The highest BCUT2D eigenvalue weighted by Gasteiger charge is 2.46. The topological polar surface area (TPSA) is 72.1 Å². The number of benzene rings is 2. The van der Waals surface area contributed by atoms with Crippen molar-refractivity contribution in [1.82, 2.24) is 5.32 Å². The molecule has 0 aromatic heterocycles. The van der Waals surface area contributed by atoms with Crippen molar-refractivity contribution in [2.45, 2.75) is 18.4 Å². The van der Waals surface area contributed by atoms with Crippen LogP contribution in [0.4, 0.5) is 16.2 Å². The van der Waals surface area contributed by atoms with Crippen LogP contribution in [0.5, 0.6) is 11.5 Å². The molecule has 1 saturated heterocycles. The van der Waals surface area contributed by atoms with Crippen molar-refractivity contribution in [3.63, 3.8) is 0 Å². The zero-order valence-electron chi connectivity index (χ0n) is 16.3. The Hall–Kier alpha value is -2.93. The van der Waals surface area contributed by atoms with Gasteiger partial charge in [-0.3, -0.25) is 0 Å².